The maximum atomic E-state index is 12.9. The Morgan fingerprint density at radius 2 is 1.80 bits per heavy atom. The van der Waals surface area contributed by atoms with Crippen LogP contribution in [0.3, 0.4) is 0 Å². The molecule has 1 fully saturated rings. The number of carboxylic acid groups (broad SMARTS) is 1. The fourth-order valence-electron chi connectivity index (χ4n) is 3.02. The van der Waals surface area contributed by atoms with Crippen molar-refractivity contribution in [2.24, 2.45) is 11.5 Å². The molecule has 1 heterocycles. The number of thioether (sulfide) groups is 1. The average Bonchev–Trinajstić information content (AvgIpc) is 3.18. The Morgan fingerprint density at radius 3 is 2.33 bits per heavy atom. The van der Waals surface area contributed by atoms with Crippen LogP contribution in [0.15, 0.2) is 0 Å². The Balaban J connectivity index is 2.97. The highest BCUT2D eigenvalue weighted by molar-refractivity contribution is 7.98. The molecule has 0 aliphatic carbocycles. The van der Waals surface area contributed by atoms with Crippen molar-refractivity contribution in [2.45, 2.75) is 49.9 Å². The number of rotatable bonds is 12. The summed E-state index contributed by atoms with van der Waals surface area (Å²) in [4.78, 5) is 61.5. The van der Waals surface area contributed by atoms with E-state index in [1.54, 1.807) is 0 Å². The molecular formula is C17H29N5O7S. The summed E-state index contributed by atoms with van der Waals surface area (Å²) in [6.07, 6.45) is 2.35. The zero-order valence-electron chi connectivity index (χ0n) is 16.7. The van der Waals surface area contributed by atoms with Crippen LogP contribution >= 0.6 is 11.8 Å². The van der Waals surface area contributed by atoms with E-state index in [0.29, 0.717) is 18.6 Å². The lowest BCUT2D eigenvalue weighted by atomic mass is 10.1. The second-order valence-corrected chi connectivity index (χ2v) is 7.88. The number of carbonyl (C=O) groups excluding carboxylic acids is 4. The molecule has 0 spiro atoms. The minimum atomic E-state index is -1.40. The Bertz CT molecular complexity index is 662. The topological polar surface area (TPSA) is 205 Å². The second kappa shape index (κ2) is 12.3. The van der Waals surface area contributed by atoms with E-state index in [0.717, 1.165) is 0 Å². The average molecular weight is 448 g/mol. The van der Waals surface area contributed by atoms with E-state index >= 15 is 0 Å². The number of primary amides is 1. The van der Waals surface area contributed by atoms with Crippen LogP contribution in [0.1, 0.15) is 25.7 Å². The van der Waals surface area contributed by atoms with Gasteiger partial charge in [0.2, 0.25) is 23.6 Å². The minimum absolute atomic E-state index is 0.224. The van der Waals surface area contributed by atoms with E-state index in [9.17, 15) is 29.1 Å². The molecule has 1 saturated heterocycles. The highest BCUT2D eigenvalue weighted by Crippen LogP contribution is 2.19. The summed E-state index contributed by atoms with van der Waals surface area (Å²) < 4.78 is 0. The maximum absolute atomic E-state index is 12.9. The summed E-state index contributed by atoms with van der Waals surface area (Å²) in [5, 5.41) is 23.0. The third-order valence-electron chi connectivity index (χ3n) is 4.62. The Morgan fingerprint density at radius 1 is 1.17 bits per heavy atom. The first kappa shape index (κ1) is 25.7. The number of nitrogens with one attached hydrogen (secondary N) is 2. The fourth-order valence-corrected chi connectivity index (χ4v) is 3.50. The van der Waals surface area contributed by atoms with Crippen LogP contribution in [0, 0.1) is 0 Å². The van der Waals surface area contributed by atoms with Gasteiger partial charge in [-0.2, -0.15) is 11.8 Å². The summed E-state index contributed by atoms with van der Waals surface area (Å²) in [5.74, 6) is -3.73. The van der Waals surface area contributed by atoms with Gasteiger partial charge in [0.15, 0.2) is 0 Å². The molecule has 1 rings (SSSR count). The first-order chi connectivity index (χ1) is 14.1. The molecule has 1 aliphatic heterocycles. The third kappa shape index (κ3) is 7.46. The van der Waals surface area contributed by atoms with Gasteiger partial charge in [-0.15, -0.1) is 0 Å². The third-order valence-corrected chi connectivity index (χ3v) is 5.26. The van der Waals surface area contributed by atoms with Gasteiger partial charge < -0.3 is 37.2 Å². The predicted molar refractivity (Wildman–Crippen MR) is 108 cm³/mol. The van der Waals surface area contributed by atoms with Crippen LogP contribution in [-0.2, 0) is 24.0 Å². The molecule has 1 aliphatic rings. The number of aliphatic carboxylic acids is 1. The Kier molecular flexibility index (Phi) is 10.6. The van der Waals surface area contributed by atoms with E-state index in [2.05, 4.69) is 10.6 Å². The van der Waals surface area contributed by atoms with Gasteiger partial charge in [0.1, 0.15) is 24.2 Å². The van der Waals surface area contributed by atoms with Crippen LogP contribution in [0.2, 0.25) is 0 Å². The molecule has 8 N–H and O–H groups in total. The van der Waals surface area contributed by atoms with Gasteiger partial charge in [0.25, 0.3) is 0 Å². The van der Waals surface area contributed by atoms with Gasteiger partial charge in [0, 0.05) is 6.54 Å². The first-order valence-electron chi connectivity index (χ1n) is 9.40. The summed E-state index contributed by atoms with van der Waals surface area (Å²) in [6.45, 7) is -0.411. The van der Waals surface area contributed by atoms with E-state index in [-0.39, 0.29) is 13.0 Å². The number of aliphatic hydroxyl groups excluding tert-OH is 1. The quantitative estimate of drug-likeness (QED) is 0.180. The number of hydrogen-bond donors (Lipinski definition) is 6. The summed E-state index contributed by atoms with van der Waals surface area (Å²) in [5.41, 5.74) is 10.6. The molecule has 4 amide bonds. The molecule has 170 valence electrons. The molecule has 12 nitrogen and oxygen atoms in total. The van der Waals surface area contributed by atoms with Gasteiger partial charge in [-0.05, 0) is 31.3 Å². The molecule has 0 saturated carbocycles. The van der Waals surface area contributed by atoms with E-state index in [4.69, 9.17) is 16.6 Å². The van der Waals surface area contributed by atoms with Crippen molar-refractivity contribution in [3.63, 3.8) is 0 Å². The van der Waals surface area contributed by atoms with E-state index < -0.39 is 66.8 Å². The van der Waals surface area contributed by atoms with E-state index in [1.165, 1.54) is 16.7 Å². The monoisotopic (exact) mass is 447 g/mol. The van der Waals surface area contributed by atoms with Crippen molar-refractivity contribution < 1.29 is 34.2 Å². The molecule has 4 atom stereocenters. The standard InChI is InChI=1S/C17H29N5O7S/c1-30-6-4-10(16(27)22-5-2-3-12(22)17(28)29)20-15(26)11(7-13(19)24)21-14(25)9(18)8-23/h9-12,23H,2-8,18H2,1H3,(H2,19,24)(H,20,26)(H,21,25)(H,28,29). The summed E-state index contributed by atoms with van der Waals surface area (Å²) >= 11 is 1.43. The Labute approximate surface area is 178 Å². The van der Waals surface area contributed by atoms with Crippen molar-refractivity contribution in [3.8, 4) is 0 Å². The number of nitrogens with two attached hydrogens (primary N) is 2. The molecule has 30 heavy (non-hydrogen) atoms. The van der Waals surface area contributed by atoms with Crippen molar-refractivity contribution in [2.75, 3.05) is 25.2 Å². The van der Waals surface area contributed by atoms with Crippen molar-refractivity contribution in [1.29, 1.82) is 0 Å². The lowest BCUT2D eigenvalue weighted by molar-refractivity contribution is -0.149. The van der Waals surface area contributed by atoms with Gasteiger partial charge in [0.05, 0.1) is 13.0 Å². The molecule has 0 bridgehead atoms. The van der Waals surface area contributed by atoms with Gasteiger partial charge in [-0.1, -0.05) is 0 Å². The van der Waals surface area contributed by atoms with Crippen molar-refractivity contribution in [1.82, 2.24) is 15.5 Å². The zero-order valence-corrected chi connectivity index (χ0v) is 17.5. The number of carboxylic acids is 1. The minimum Gasteiger partial charge on any atom is -0.480 e. The van der Waals surface area contributed by atoms with Gasteiger partial charge >= 0.3 is 5.97 Å². The van der Waals surface area contributed by atoms with Crippen LogP contribution in [0.4, 0.5) is 0 Å². The SMILES string of the molecule is CSCCC(NC(=O)C(CC(N)=O)NC(=O)C(N)CO)C(=O)N1CCCC1C(=O)O. The molecule has 0 radical (unpaired) electrons. The molecule has 4 unspecified atom stereocenters. The molecule has 0 aromatic heterocycles. The van der Waals surface area contributed by atoms with Crippen molar-refractivity contribution in [3.05, 3.63) is 0 Å². The van der Waals surface area contributed by atoms with Gasteiger partial charge in [-0.25, -0.2) is 4.79 Å². The lowest BCUT2D eigenvalue weighted by Gasteiger charge is -2.28. The number of likely N-dealkylation sites (tertiary alicyclic amines) is 1. The fraction of sp³-hybridized carbons (Fsp3) is 0.706. The van der Waals surface area contributed by atoms with Gasteiger partial charge in [-0.3, -0.25) is 19.2 Å². The van der Waals surface area contributed by atoms with Crippen LogP contribution in [-0.4, -0.2) is 94.0 Å². The lowest BCUT2D eigenvalue weighted by Crippen LogP contribution is -2.58. The number of amides is 4. The molecule has 0 aromatic rings. The summed E-state index contributed by atoms with van der Waals surface area (Å²) in [7, 11) is 0. The normalized spacial score (nSPS) is 18.9. The van der Waals surface area contributed by atoms with Crippen LogP contribution < -0.4 is 22.1 Å². The number of aliphatic hydroxyl groups is 1. The van der Waals surface area contributed by atoms with Crippen LogP contribution in [0.5, 0.6) is 0 Å². The largest absolute Gasteiger partial charge is 0.480 e. The van der Waals surface area contributed by atoms with E-state index in [1.807, 2.05) is 6.26 Å². The molecular weight excluding hydrogens is 418 g/mol. The summed E-state index contributed by atoms with van der Waals surface area (Å²) in [6, 6.07) is -4.70. The smallest absolute Gasteiger partial charge is 0.326 e. The Hall–Kier alpha value is -2.38. The zero-order chi connectivity index (χ0) is 22.8. The predicted octanol–water partition coefficient (Wildman–Crippen LogP) is -3.02. The van der Waals surface area contributed by atoms with Crippen molar-refractivity contribution >= 4 is 41.4 Å². The molecule has 0 aromatic carbocycles. The first-order valence-corrected chi connectivity index (χ1v) is 10.8. The highest BCUT2D eigenvalue weighted by Gasteiger charge is 2.38. The molecule has 13 heteroatoms. The highest BCUT2D eigenvalue weighted by atomic mass is 32.2. The number of hydrogen-bond acceptors (Lipinski definition) is 8. The van der Waals surface area contributed by atoms with Crippen LogP contribution in [0.25, 0.3) is 0 Å². The number of carbonyl (C=O) groups is 5. The number of nitrogens with zero attached hydrogens (tertiary/aromatic N) is 1. The maximum Gasteiger partial charge on any atom is 0.326 e. The second-order valence-electron chi connectivity index (χ2n) is 6.89.